The Hall–Kier alpha value is -0.0666. The number of rotatable bonds is 2. The van der Waals surface area contributed by atoms with Gasteiger partial charge in [-0.3, -0.25) is 0 Å². The Morgan fingerprint density at radius 2 is 1.94 bits per heavy atom. The fraction of sp³-hybridized carbons (Fsp3) is 0.571. The summed E-state index contributed by atoms with van der Waals surface area (Å²) in [5, 5.41) is 0. The topological polar surface area (TPSA) is 9.23 Å². The van der Waals surface area contributed by atoms with Gasteiger partial charge < -0.3 is 4.74 Å². The van der Waals surface area contributed by atoms with Gasteiger partial charge in [-0.15, -0.1) is 11.6 Å². The van der Waals surface area contributed by atoms with Crippen molar-refractivity contribution >= 4 is 9.69 Å². The third-order valence-electron chi connectivity index (χ3n) is 3.65. The molecule has 0 N–H and O–H groups in total. The van der Waals surface area contributed by atoms with Gasteiger partial charge in [-0.05, 0) is 5.41 Å². The standard InChI is InChI=1S/C14H19O.ClH.Zn/c1-14(10-6-3-7-11-14)12-8-4-5-9-13(12)15-2;;/h5,8-9H,3,6-7,10-11H2,1-2H3;1H;/q-1;;+2/p-1. The van der Waals surface area contributed by atoms with Gasteiger partial charge >= 0.3 is 27.0 Å². The van der Waals surface area contributed by atoms with E-state index in [0.717, 1.165) is 23.1 Å². The van der Waals surface area contributed by atoms with E-state index in [1.807, 2.05) is 12.1 Å². The van der Waals surface area contributed by atoms with Gasteiger partial charge in [0.15, 0.2) is 0 Å². The van der Waals surface area contributed by atoms with Crippen molar-refractivity contribution in [2.24, 2.45) is 0 Å². The maximum atomic E-state index is 5.44. The molecule has 2 rings (SSSR count). The van der Waals surface area contributed by atoms with E-state index in [4.69, 9.17) is 14.4 Å². The maximum absolute atomic E-state index is 5.44. The van der Waals surface area contributed by atoms with E-state index in [-0.39, 0.29) is 0 Å². The zero-order valence-electron chi connectivity index (χ0n) is 10.8. The first kappa shape index (κ1) is 15.0. The van der Waals surface area contributed by atoms with Crippen LogP contribution in [0.25, 0.3) is 0 Å². The Bertz CT molecular complexity index is 335. The molecule has 0 amide bonds. The van der Waals surface area contributed by atoms with Crippen molar-refractivity contribution in [1.29, 1.82) is 0 Å². The van der Waals surface area contributed by atoms with Crippen LogP contribution in [0.3, 0.4) is 0 Å². The number of methoxy groups -OCH3 is 1. The predicted octanol–water partition coefficient (Wildman–Crippen LogP) is 4.40. The second-order valence-electron chi connectivity index (χ2n) is 4.75. The Labute approximate surface area is 119 Å². The average Bonchev–Trinajstić information content (AvgIpc) is 2.42. The number of halogens is 1. The molecule has 1 aliphatic carbocycles. The number of hydrogen-bond donors (Lipinski definition) is 0. The molecular formula is C14H19ClOZn. The minimum absolute atomic E-state index is 0.307. The Morgan fingerprint density at radius 3 is 2.53 bits per heavy atom. The molecule has 1 fully saturated rings. The Morgan fingerprint density at radius 1 is 1.29 bits per heavy atom. The minimum atomic E-state index is 0.307. The Kier molecular flexibility index (Phi) is 6.51. The molecule has 0 heterocycles. The van der Waals surface area contributed by atoms with Crippen LogP contribution in [0.4, 0.5) is 0 Å². The summed E-state index contributed by atoms with van der Waals surface area (Å²) in [6.07, 6.45) is 6.62. The first-order valence-electron chi connectivity index (χ1n) is 6.07. The SMILES string of the molecule is COc1cc[c-]cc1C1(C)CCCCC1.[Cl][Zn+]. The van der Waals surface area contributed by atoms with E-state index < -0.39 is 0 Å². The molecule has 3 heteroatoms. The molecule has 1 aromatic carbocycles. The van der Waals surface area contributed by atoms with E-state index in [0.29, 0.717) is 5.41 Å². The predicted molar refractivity (Wildman–Crippen MR) is 68.1 cm³/mol. The first-order chi connectivity index (χ1) is 8.26. The van der Waals surface area contributed by atoms with E-state index >= 15 is 0 Å². The van der Waals surface area contributed by atoms with Gasteiger partial charge in [-0.25, -0.2) is 0 Å². The molecule has 1 saturated carbocycles. The van der Waals surface area contributed by atoms with Crippen molar-refractivity contribution < 1.29 is 22.0 Å². The van der Waals surface area contributed by atoms with E-state index in [1.165, 1.54) is 37.7 Å². The molecule has 0 aromatic heterocycles. The van der Waals surface area contributed by atoms with Gasteiger partial charge in [0.05, 0.1) is 7.11 Å². The molecule has 0 spiro atoms. The third kappa shape index (κ3) is 3.70. The van der Waals surface area contributed by atoms with Crippen LogP contribution >= 0.6 is 9.69 Å². The van der Waals surface area contributed by atoms with Crippen molar-refractivity contribution in [3.8, 4) is 5.75 Å². The molecule has 17 heavy (non-hydrogen) atoms. The summed E-state index contributed by atoms with van der Waals surface area (Å²) in [6, 6.07) is 9.23. The quantitative estimate of drug-likeness (QED) is 0.581. The van der Waals surface area contributed by atoms with Gasteiger partial charge in [0.25, 0.3) is 0 Å². The molecule has 0 radical (unpaired) electrons. The van der Waals surface area contributed by atoms with Crippen molar-refractivity contribution in [1.82, 2.24) is 0 Å². The van der Waals surface area contributed by atoms with Crippen LogP contribution < -0.4 is 4.74 Å². The van der Waals surface area contributed by atoms with Crippen molar-refractivity contribution in [2.75, 3.05) is 7.11 Å². The first-order valence-corrected chi connectivity index (χ1v) is 9.97. The fourth-order valence-corrected chi connectivity index (χ4v) is 2.67. The number of ether oxygens (including phenoxy) is 1. The van der Waals surface area contributed by atoms with Crippen molar-refractivity contribution in [3.63, 3.8) is 0 Å². The second kappa shape index (κ2) is 7.39. The zero-order chi connectivity index (χ0) is 12.7. The molecule has 0 bridgehead atoms. The molecule has 1 aromatic rings. The normalized spacial score (nSPS) is 17.9. The van der Waals surface area contributed by atoms with Gasteiger partial charge in [0.1, 0.15) is 0 Å². The van der Waals surface area contributed by atoms with Crippen molar-refractivity contribution in [2.45, 2.75) is 44.4 Å². The van der Waals surface area contributed by atoms with E-state index in [9.17, 15) is 0 Å². The van der Waals surface area contributed by atoms with E-state index in [1.54, 1.807) is 7.11 Å². The number of hydrogen-bond acceptors (Lipinski definition) is 1. The summed E-state index contributed by atoms with van der Waals surface area (Å²) < 4.78 is 5.44. The monoisotopic (exact) mass is 302 g/mol. The van der Waals surface area contributed by atoms with Crippen LogP contribution in [0, 0.1) is 6.07 Å². The van der Waals surface area contributed by atoms with Gasteiger partial charge in [-0.2, -0.15) is 18.2 Å². The fourth-order valence-electron chi connectivity index (χ4n) is 2.67. The molecular weight excluding hydrogens is 285 g/mol. The molecule has 90 valence electrons. The summed E-state index contributed by atoms with van der Waals surface area (Å²) in [5.41, 5.74) is 1.65. The van der Waals surface area contributed by atoms with Crippen molar-refractivity contribution in [3.05, 3.63) is 29.8 Å². The van der Waals surface area contributed by atoms with Crippen LogP contribution in [-0.4, -0.2) is 7.11 Å². The summed E-state index contributed by atoms with van der Waals surface area (Å²) >= 11 is 0.847. The summed E-state index contributed by atoms with van der Waals surface area (Å²) in [4.78, 5) is 0. The summed E-state index contributed by atoms with van der Waals surface area (Å²) in [5.74, 6) is 1.03. The molecule has 0 saturated heterocycles. The summed E-state index contributed by atoms with van der Waals surface area (Å²) in [7, 11) is 6.52. The molecule has 1 nitrogen and oxygen atoms in total. The van der Waals surface area contributed by atoms with Crippen LogP contribution in [0.15, 0.2) is 18.2 Å². The average molecular weight is 304 g/mol. The molecule has 0 aliphatic heterocycles. The number of benzene rings is 1. The van der Waals surface area contributed by atoms with Gasteiger partial charge in [0, 0.05) is 5.75 Å². The van der Waals surface area contributed by atoms with Gasteiger partial charge in [0.2, 0.25) is 0 Å². The third-order valence-corrected chi connectivity index (χ3v) is 3.65. The van der Waals surface area contributed by atoms with Crippen LogP contribution in [0.5, 0.6) is 5.75 Å². The van der Waals surface area contributed by atoms with Crippen LogP contribution in [0.2, 0.25) is 0 Å². The van der Waals surface area contributed by atoms with Crippen LogP contribution in [0.1, 0.15) is 44.6 Å². The second-order valence-corrected chi connectivity index (χ2v) is 4.75. The summed E-state index contributed by atoms with van der Waals surface area (Å²) in [6.45, 7) is 2.36. The molecule has 0 unspecified atom stereocenters. The van der Waals surface area contributed by atoms with Gasteiger partial charge in [-0.1, -0.05) is 39.0 Å². The molecule has 1 aliphatic rings. The van der Waals surface area contributed by atoms with Crippen LogP contribution in [-0.2, 0) is 22.7 Å². The zero-order valence-corrected chi connectivity index (χ0v) is 14.5. The van der Waals surface area contributed by atoms with E-state index in [2.05, 4.69) is 19.1 Å². The molecule has 0 atom stereocenters. The Balaban J connectivity index is 0.000000686.